The Balaban J connectivity index is 1.81. The molecule has 2 aliphatic rings. The third kappa shape index (κ3) is 3.47. The third-order valence-electron chi connectivity index (χ3n) is 4.82. The van der Waals surface area contributed by atoms with Crippen molar-refractivity contribution < 1.29 is 4.79 Å². The lowest BCUT2D eigenvalue weighted by molar-refractivity contribution is -0.134. The van der Waals surface area contributed by atoms with Crippen LogP contribution in [0.4, 0.5) is 0 Å². The maximum atomic E-state index is 12.3. The molecule has 2 rings (SSSR count). The highest BCUT2D eigenvalue weighted by Gasteiger charge is 2.29. The fourth-order valence-corrected chi connectivity index (χ4v) is 3.55. The molecule has 104 valence electrons. The van der Waals surface area contributed by atoms with Crippen LogP contribution in [0.1, 0.15) is 52.4 Å². The van der Waals surface area contributed by atoms with Crippen molar-refractivity contribution in [3.05, 3.63) is 0 Å². The summed E-state index contributed by atoms with van der Waals surface area (Å²) >= 11 is 0. The Morgan fingerprint density at radius 1 is 1.39 bits per heavy atom. The van der Waals surface area contributed by atoms with E-state index in [0.29, 0.717) is 17.7 Å². The number of hydrogen-bond acceptors (Lipinski definition) is 2. The van der Waals surface area contributed by atoms with Gasteiger partial charge in [-0.1, -0.05) is 13.3 Å². The lowest BCUT2D eigenvalue weighted by atomic mass is 9.91. The minimum atomic E-state index is 0.215. The second kappa shape index (κ2) is 6.05. The normalized spacial score (nSPS) is 34.6. The average molecular weight is 252 g/mol. The Morgan fingerprint density at radius 2 is 2.17 bits per heavy atom. The zero-order valence-corrected chi connectivity index (χ0v) is 11.9. The van der Waals surface area contributed by atoms with Gasteiger partial charge in [0.05, 0.1) is 0 Å². The summed E-state index contributed by atoms with van der Waals surface area (Å²) in [6.07, 6.45) is 6.88. The highest BCUT2D eigenvalue weighted by molar-refractivity contribution is 5.76. The summed E-state index contributed by atoms with van der Waals surface area (Å²) < 4.78 is 0. The number of amides is 1. The number of carbonyl (C=O) groups excluding carboxylic acids is 1. The van der Waals surface area contributed by atoms with Gasteiger partial charge < -0.3 is 10.6 Å². The van der Waals surface area contributed by atoms with Crippen molar-refractivity contribution in [3.63, 3.8) is 0 Å². The molecule has 0 bridgehead atoms. The van der Waals surface area contributed by atoms with E-state index in [0.717, 1.165) is 31.8 Å². The fourth-order valence-electron chi connectivity index (χ4n) is 3.55. The van der Waals surface area contributed by atoms with Gasteiger partial charge in [-0.15, -0.1) is 0 Å². The molecule has 0 aromatic rings. The van der Waals surface area contributed by atoms with Gasteiger partial charge in [0, 0.05) is 25.6 Å². The molecule has 18 heavy (non-hydrogen) atoms. The Morgan fingerprint density at radius 3 is 2.78 bits per heavy atom. The van der Waals surface area contributed by atoms with Crippen molar-refractivity contribution in [2.75, 3.05) is 13.1 Å². The first-order valence-electron chi connectivity index (χ1n) is 7.59. The van der Waals surface area contributed by atoms with Crippen molar-refractivity contribution >= 4 is 5.91 Å². The number of likely N-dealkylation sites (tertiary alicyclic amines) is 1. The molecule has 3 heteroatoms. The van der Waals surface area contributed by atoms with Crippen LogP contribution in [-0.4, -0.2) is 29.9 Å². The number of rotatable bonds is 3. The van der Waals surface area contributed by atoms with E-state index in [1.807, 2.05) is 0 Å². The van der Waals surface area contributed by atoms with Crippen molar-refractivity contribution in [1.82, 2.24) is 4.90 Å². The molecule has 4 unspecified atom stereocenters. The van der Waals surface area contributed by atoms with Crippen LogP contribution in [0.3, 0.4) is 0 Å². The predicted molar refractivity (Wildman–Crippen MR) is 74.1 cm³/mol. The van der Waals surface area contributed by atoms with E-state index in [1.165, 1.54) is 25.7 Å². The number of hydrogen-bond donors (Lipinski definition) is 1. The first kappa shape index (κ1) is 13.9. The molecule has 3 nitrogen and oxygen atoms in total. The summed E-state index contributed by atoms with van der Waals surface area (Å²) in [6.45, 7) is 6.21. The molecule has 1 saturated heterocycles. The maximum absolute atomic E-state index is 12.3. The predicted octanol–water partition coefficient (Wildman–Crippen LogP) is 2.40. The van der Waals surface area contributed by atoms with E-state index >= 15 is 0 Å². The van der Waals surface area contributed by atoms with E-state index in [-0.39, 0.29) is 6.04 Å². The molecule has 2 fully saturated rings. The molecule has 0 aromatic carbocycles. The summed E-state index contributed by atoms with van der Waals surface area (Å²) in [5, 5.41) is 0. The molecule has 1 amide bonds. The molecule has 1 heterocycles. The molecule has 0 spiro atoms. The first-order chi connectivity index (χ1) is 8.56. The first-order valence-corrected chi connectivity index (χ1v) is 7.59. The van der Waals surface area contributed by atoms with E-state index in [9.17, 15) is 4.79 Å². The van der Waals surface area contributed by atoms with Crippen molar-refractivity contribution in [1.29, 1.82) is 0 Å². The zero-order valence-electron chi connectivity index (χ0n) is 11.9. The Bertz CT molecular complexity index is 290. The zero-order chi connectivity index (χ0) is 13.1. The number of piperidine rings is 1. The van der Waals surface area contributed by atoms with Crippen LogP contribution in [0, 0.1) is 17.8 Å². The Kier molecular flexibility index (Phi) is 4.66. The number of nitrogens with two attached hydrogens (primary N) is 1. The van der Waals surface area contributed by atoms with Crippen molar-refractivity contribution in [2.45, 2.75) is 58.4 Å². The number of carbonyl (C=O) groups is 1. The Labute approximate surface area is 111 Å². The van der Waals surface area contributed by atoms with Gasteiger partial charge in [-0.05, 0) is 50.4 Å². The summed E-state index contributed by atoms with van der Waals surface area (Å²) in [5.41, 5.74) is 5.97. The minimum absolute atomic E-state index is 0.215. The molecular formula is C15H28N2O. The van der Waals surface area contributed by atoms with Crippen LogP contribution in [0.2, 0.25) is 0 Å². The molecule has 0 radical (unpaired) electrons. The second-order valence-corrected chi connectivity index (χ2v) is 6.59. The van der Waals surface area contributed by atoms with Crippen LogP contribution in [0.15, 0.2) is 0 Å². The van der Waals surface area contributed by atoms with Gasteiger partial charge in [-0.2, -0.15) is 0 Å². The van der Waals surface area contributed by atoms with E-state index < -0.39 is 0 Å². The lowest BCUT2D eigenvalue weighted by Crippen LogP contribution is -2.45. The molecule has 1 aliphatic carbocycles. The molecule has 0 aromatic heterocycles. The van der Waals surface area contributed by atoms with Gasteiger partial charge in [0.15, 0.2) is 0 Å². The molecule has 2 N–H and O–H groups in total. The van der Waals surface area contributed by atoms with E-state index in [1.54, 1.807) is 0 Å². The van der Waals surface area contributed by atoms with Crippen LogP contribution in [-0.2, 0) is 4.79 Å². The van der Waals surface area contributed by atoms with Gasteiger partial charge >= 0.3 is 0 Å². The highest BCUT2D eigenvalue weighted by atomic mass is 16.2. The third-order valence-corrected chi connectivity index (χ3v) is 4.82. The van der Waals surface area contributed by atoms with Gasteiger partial charge in [-0.25, -0.2) is 0 Å². The standard InChI is InChI=1S/C15H28N2O/c1-11-5-6-13(8-11)9-15(18)17-7-3-4-14(10-17)12(2)16/h11-14H,3-10,16H2,1-2H3. The topological polar surface area (TPSA) is 46.3 Å². The SMILES string of the molecule is CC1CCC(CC(=O)N2CCCC(C(C)N)C2)C1. The lowest BCUT2D eigenvalue weighted by Gasteiger charge is -2.35. The maximum Gasteiger partial charge on any atom is 0.222 e. The van der Waals surface area contributed by atoms with E-state index in [4.69, 9.17) is 5.73 Å². The highest BCUT2D eigenvalue weighted by Crippen LogP contribution is 2.33. The molecular weight excluding hydrogens is 224 g/mol. The smallest absolute Gasteiger partial charge is 0.222 e. The minimum Gasteiger partial charge on any atom is -0.342 e. The number of nitrogens with zero attached hydrogens (tertiary/aromatic N) is 1. The Hall–Kier alpha value is -0.570. The van der Waals surface area contributed by atoms with Crippen molar-refractivity contribution in [3.8, 4) is 0 Å². The second-order valence-electron chi connectivity index (χ2n) is 6.59. The van der Waals surface area contributed by atoms with Crippen LogP contribution >= 0.6 is 0 Å². The van der Waals surface area contributed by atoms with Gasteiger partial charge in [0.25, 0.3) is 0 Å². The fraction of sp³-hybridized carbons (Fsp3) is 0.933. The summed E-state index contributed by atoms with van der Waals surface area (Å²) in [6, 6.07) is 0.215. The summed E-state index contributed by atoms with van der Waals surface area (Å²) in [7, 11) is 0. The van der Waals surface area contributed by atoms with Crippen LogP contribution < -0.4 is 5.73 Å². The van der Waals surface area contributed by atoms with Crippen LogP contribution in [0.25, 0.3) is 0 Å². The van der Waals surface area contributed by atoms with Crippen LogP contribution in [0.5, 0.6) is 0 Å². The van der Waals surface area contributed by atoms with Crippen molar-refractivity contribution in [2.24, 2.45) is 23.5 Å². The van der Waals surface area contributed by atoms with Gasteiger partial charge in [-0.3, -0.25) is 4.79 Å². The largest absolute Gasteiger partial charge is 0.342 e. The average Bonchev–Trinajstić information content (AvgIpc) is 2.75. The van der Waals surface area contributed by atoms with Gasteiger partial charge in [0.1, 0.15) is 0 Å². The van der Waals surface area contributed by atoms with Gasteiger partial charge in [0.2, 0.25) is 5.91 Å². The quantitative estimate of drug-likeness (QED) is 0.838. The molecule has 1 saturated carbocycles. The monoisotopic (exact) mass is 252 g/mol. The molecule has 1 aliphatic heterocycles. The van der Waals surface area contributed by atoms with E-state index in [2.05, 4.69) is 18.7 Å². The summed E-state index contributed by atoms with van der Waals surface area (Å²) in [5.74, 6) is 2.34. The molecule has 4 atom stereocenters. The summed E-state index contributed by atoms with van der Waals surface area (Å²) in [4.78, 5) is 14.4.